The standard InChI is InChI=1S/C16H8ClN3O4S/c17-12-6-5-11(25-12)14-19-20-16(24-14)18-13(21)9-7-8-3-1-2-4-10(8)23-15(9)22/h1-7H,(H,18,20,21). The van der Waals surface area contributed by atoms with Crippen molar-refractivity contribution in [3.8, 4) is 10.8 Å². The van der Waals surface area contributed by atoms with Crippen LogP contribution in [0.2, 0.25) is 4.34 Å². The number of hydrogen-bond acceptors (Lipinski definition) is 7. The van der Waals surface area contributed by atoms with Crippen LogP contribution in [-0.4, -0.2) is 16.1 Å². The van der Waals surface area contributed by atoms with Crippen molar-refractivity contribution in [1.82, 2.24) is 10.2 Å². The van der Waals surface area contributed by atoms with E-state index in [0.717, 1.165) is 0 Å². The van der Waals surface area contributed by atoms with Gasteiger partial charge in [0, 0.05) is 5.39 Å². The molecule has 9 heteroatoms. The summed E-state index contributed by atoms with van der Waals surface area (Å²) in [6.07, 6.45) is 0. The van der Waals surface area contributed by atoms with Crippen molar-refractivity contribution in [2.75, 3.05) is 5.32 Å². The average Bonchev–Trinajstić information content (AvgIpc) is 3.23. The van der Waals surface area contributed by atoms with Crippen molar-refractivity contribution in [1.29, 1.82) is 0 Å². The van der Waals surface area contributed by atoms with Crippen LogP contribution in [0.5, 0.6) is 0 Å². The average molecular weight is 374 g/mol. The Balaban J connectivity index is 1.61. The number of fused-ring (bicyclic) bond motifs is 1. The molecule has 7 nitrogen and oxygen atoms in total. The van der Waals surface area contributed by atoms with Crippen LogP contribution in [0.25, 0.3) is 21.7 Å². The summed E-state index contributed by atoms with van der Waals surface area (Å²) < 4.78 is 11.1. The minimum Gasteiger partial charge on any atom is -0.422 e. The van der Waals surface area contributed by atoms with Crippen molar-refractivity contribution in [3.05, 3.63) is 62.8 Å². The molecule has 0 aliphatic heterocycles. The number of benzene rings is 1. The van der Waals surface area contributed by atoms with Gasteiger partial charge in [0.2, 0.25) is 0 Å². The first-order valence-electron chi connectivity index (χ1n) is 7.03. The molecule has 0 aliphatic rings. The molecule has 3 aromatic heterocycles. The van der Waals surface area contributed by atoms with Crippen LogP contribution in [0.1, 0.15) is 10.4 Å². The Bertz CT molecular complexity index is 1150. The van der Waals surface area contributed by atoms with Gasteiger partial charge in [0.1, 0.15) is 11.1 Å². The summed E-state index contributed by atoms with van der Waals surface area (Å²) in [5.74, 6) is -0.475. The summed E-state index contributed by atoms with van der Waals surface area (Å²) in [6, 6.07) is 11.6. The van der Waals surface area contributed by atoms with E-state index in [1.807, 2.05) is 0 Å². The maximum absolute atomic E-state index is 12.3. The molecule has 0 unspecified atom stereocenters. The molecule has 0 spiro atoms. The predicted octanol–water partition coefficient (Wildman–Crippen LogP) is 3.81. The van der Waals surface area contributed by atoms with Gasteiger partial charge in [0.15, 0.2) is 0 Å². The number of nitrogens with one attached hydrogen (secondary N) is 1. The second-order valence-electron chi connectivity index (χ2n) is 4.96. The van der Waals surface area contributed by atoms with Gasteiger partial charge in [0.25, 0.3) is 11.8 Å². The van der Waals surface area contributed by atoms with E-state index in [0.29, 0.717) is 20.2 Å². The zero-order chi connectivity index (χ0) is 17.4. The van der Waals surface area contributed by atoms with Crippen molar-refractivity contribution in [2.24, 2.45) is 0 Å². The number of carbonyl (C=O) groups excluding carboxylic acids is 1. The maximum Gasteiger partial charge on any atom is 0.349 e. The maximum atomic E-state index is 12.3. The third-order valence-corrected chi connectivity index (χ3v) is 4.53. The fourth-order valence-corrected chi connectivity index (χ4v) is 3.15. The van der Waals surface area contributed by atoms with E-state index in [2.05, 4.69) is 15.5 Å². The molecule has 1 amide bonds. The van der Waals surface area contributed by atoms with Gasteiger partial charge in [-0.2, -0.15) is 0 Å². The van der Waals surface area contributed by atoms with E-state index < -0.39 is 11.5 Å². The van der Waals surface area contributed by atoms with Gasteiger partial charge in [-0.1, -0.05) is 34.9 Å². The van der Waals surface area contributed by atoms with Crippen molar-refractivity contribution in [2.45, 2.75) is 0 Å². The number of para-hydroxylation sites is 1. The minimum absolute atomic E-state index is 0.128. The Morgan fingerprint density at radius 2 is 1.96 bits per heavy atom. The Kier molecular flexibility index (Phi) is 3.83. The molecule has 1 aromatic carbocycles. The molecule has 0 saturated carbocycles. The van der Waals surface area contributed by atoms with Crippen LogP contribution in [0.4, 0.5) is 6.01 Å². The zero-order valence-electron chi connectivity index (χ0n) is 12.4. The second-order valence-corrected chi connectivity index (χ2v) is 6.67. The van der Waals surface area contributed by atoms with E-state index in [9.17, 15) is 9.59 Å². The molecule has 25 heavy (non-hydrogen) atoms. The quantitative estimate of drug-likeness (QED) is 0.548. The summed E-state index contributed by atoms with van der Waals surface area (Å²) in [7, 11) is 0. The molecular weight excluding hydrogens is 366 g/mol. The van der Waals surface area contributed by atoms with Gasteiger partial charge >= 0.3 is 11.6 Å². The monoisotopic (exact) mass is 373 g/mol. The molecule has 0 radical (unpaired) electrons. The lowest BCUT2D eigenvalue weighted by molar-refractivity contribution is 0.102. The van der Waals surface area contributed by atoms with Gasteiger partial charge < -0.3 is 8.83 Å². The normalized spacial score (nSPS) is 10.9. The predicted molar refractivity (Wildman–Crippen MR) is 93.1 cm³/mol. The first kappa shape index (κ1) is 15.6. The van der Waals surface area contributed by atoms with E-state index in [4.69, 9.17) is 20.4 Å². The number of nitrogens with zero attached hydrogens (tertiary/aromatic N) is 2. The van der Waals surface area contributed by atoms with E-state index >= 15 is 0 Å². The number of aromatic nitrogens is 2. The Labute approximate surface area is 148 Å². The van der Waals surface area contributed by atoms with Crippen LogP contribution in [-0.2, 0) is 0 Å². The molecular formula is C16H8ClN3O4S. The lowest BCUT2D eigenvalue weighted by Crippen LogP contribution is -2.20. The molecule has 1 N–H and O–H groups in total. The molecule has 0 bridgehead atoms. The topological polar surface area (TPSA) is 98.2 Å². The number of hydrogen-bond donors (Lipinski definition) is 1. The Morgan fingerprint density at radius 3 is 2.76 bits per heavy atom. The highest BCUT2D eigenvalue weighted by Crippen LogP contribution is 2.30. The summed E-state index contributed by atoms with van der Waals surface area (Å²) in [5, 5.41) is 10.6. The zero-order valence-corrected chi connectivity index (χ0v) is 13.9. The minimum atomic E-state index is -0.749. The first-order valence-corrected chi connectivity index (χ1v) is 8.23. The third-order valence-electron chi connectivity index (χ3n) is 3.32. The van der Waals surface area contributed by atoms with Gasteiger partial charge in [-0.25, -0.2) is 4.79 Å². The van der Waals surface area contributed by atoms with Crippen LogP contribution < -0.4 is 10.9 Å². The molecule has 4 aromatic rings. The van der Waals surface area contributed by atoms with Gasteiger partial charge in [-0.3, -0.25) is 10.1 Å². The van der Waals surface area contributed by atoms with E-state index in [-0.39, 0.29) is 17.5 Å². The Morgan fingerprint density at radius 1 is 1.12 bits per heavy atom. The number of thiophene rings is 1. The highest BCUT2D eigenvalue weighted by molar-refractivity contribution is 7.19. The number of amides is 1. The van der Waals surface area contributed by atoms with Crippen molar-refractivity contribution >= 4 is 45.8 Å². The van der Waals surface area contributed by atoms with Crippen molar-refractivity contribution in [3.63, 3.8) is 0 Å². The molecule has 0 fully saturated rings. The SMILES string of the molecule is O=C(Nc1nnc(-c2ccc(Cl)s2)o1)c1cc2ccccc2oc1=O. The van der Waals surface area contributed by atoms with Crippen LogP contribution in [0, 0.1) is 0 Å². The largest absolute Gasteiger partial charge is 0.422 e. The van der Waals surface area contributed by atoms with Crippen LogP contribution >= 0.6 is 22.9 Å². The van der Waals surface area contributed by atoms with E-state index in [1.165, 1.54) is 17.4 Å². The van der Waals surface area contributed by atoms with Crippen molar-refractivity contribution < 1.29 is 13.6 Å². The molecule has 124 valence electrons. The number of rotatable bonds is 3. The highest BCUT2D eigenvalue weighted by atomic mass is 35.5. The number of halogens is 1. The highest BCUT2D eigenvalue weighted by Gasteiger charge is 2.17. The molecule has 0 aliphatic carbocycles. The summed E-state index contributed by atoms with van der Waals surface area (Å²) in [5.41, 5.74) is -0.503. The van der Waals surface area contributed by atoms with E-state index in [1.54, 1.807) is 36.4 Å². The summed E-state index contributed by atoms with van der Waals surface area (Å²) in [6.45, 7) is 0. The second kappa shape index (κ2) is 6.15. The molecule has 4 rings (SSSR count). The Hall–Kier alpha value is -2.97. The van der Waals surface area contributed by atoms with Crippen LogP contribution in [0.15, 0.2) is 56.1 Å². The summed E-state index contributed by atoms with van der Waals surface area (Å²) in [4.78, 5) is 25.0. The number of anilines is 1. The summed E-state index contributed by atoms with van der Waals surface area (Å²) >= 11 is 7.13. The van der Waals surface area contributed by atoms with Gasteiger partial charge in [-0.05, 0) is 24.3 Å². The lowest BCUT2D eigenvalue weighted by Gasteiger charge is -2.01. The molecule has 0 atom stereocenters. The fourth-order valence-electron chi connectivity index (χ4n) is 2.19. The lowest BCUT2D eigenvalue weighted by atomic mass is 10.2. The van der Waals surface area contributed by atoms with Gasteiger partial charge in [0.05, 0.1) is 9.21 Å². The van der Waals surface area contributed by atoms with Crippen LogP contribution in [0.3, 0.4) is 0 Å². The smallest absolute Gasteiger partial charge is 0.349 e. The molecule has 3 heterocycles. The third kappa shape index (κ3) is 3.04. The fraction of sp³-hybridized carbons (Fsp3) is 0. The first-order chi connectivity index (χ1) is 12.1. The number of carbonyl (C=O) groups is 1. The molecule has 0 saturated heterocycles. The van der Waals surface area contributed by atoms with Gasteiger partial charge in [-0.15, -0.1) is 16.4 Å².